The van der Waals surface area contributed by atoms with E-state index in [4.69, 9.17) is 5.11 Å². The van der Waals surface area contributed by atoms with Gasteiger partial charge in [-0.15, -0.1) is 0 Å². The summed E-state index contributed by atoms with van der Waals surface area (Å²) in [4.78, 5) is 10.6. The summed E-state index contributed by atoms with van der Waals surface area (Å²) >= 11 is 0. The summed E-state index contributed by atoms with van der Waals surface area (Å²) in [5, 5.41) is 8.66. The molecule has 0 bridgehead atoms. The van der Waals surface area contributed by atoms with Gasteiger partial charge in [-0.25, -0.2) is 4.79 Å². The molecule has 0 aliphatic carbocycles. The minimum atomic E-state index is -0.935. The van der Waals surface area contributed by atoms with Crippen LogP contribution >= 0.6 is 0 Å². The molecule has 11 heavy (non-hydrogen) atoms. The predicted molar refractivity (Wildman–Crippen MR) is 40.0 cm³/mol. The van der Waals surface area contributed by atoms with E-state index in [0.29, 0.717) is 0 Å². The number of alkyl halides is 1. The molecule has 0 spiro atoms. The fourth-order valence-electron chi connectivity index (χ4n) is 0.945. The van der Waals surface area contributed by atoms with Gasteiger partial charge < -0.3 is 9.59 Å². The van der Waals surface area contributed by atoms with Crippen LogP contribution < -0.4 is 0 Å². The quantitative estimate of drug-likeness (QED) is 0.614. The van der Waals surface area contributed by atoms with Crippen molar-refractivity contribution in [2.45, 2.75) is 12.5 Å². The van der Waals surface area contributed by atoms with E-state index in [9.17, 15) is 9.18 Å². The number of rotatable bonds is 4. The van der Waals surface area contributed by atoms with E-state index in [1.165, 1.54) is 0 Å². The van der Waals surface area contributed by atoms with Crippen molar-refractivity contribution in [3.63, 3.8) is 0 Å². The van der Waals surface area contributed by atoms with Crippen molar-refractivity contribution < 1.29 is 18.8 Å². The summed E-state index contributed by atoms with van der Waals surface area (Å²) in [7, 11) is 5.23. The molecule has 0 heterocycles. The molecule has 0 rings (SSSR count). The zero-order valence-corrected chi connectivity index (χ0v) is 7.17. The molecule has 3 nitrogen and oxygen atoms in total. The van der Waals surface area contributed by atoms with Crippen LogP contribution in [0.1, 0.15) is 6.42 Å². The number of aliphatic carboxylic acids is 1. The maximum absolute atomic E-state index is 11.9. The molecular formula is C7H15FNO2+. The van der Waals surface area contributed by atoms with Gasteiger partial charge in [0.2, 0.25) is 0 Å². The molecule has 0 amide bonds. The van der Waals surface area contributed by atoms with Gasteiger partial charge in [0, 0.05) is 6.42 Å². The monoisotopic (exact) mass is 164 g/mol. The zero-order valence-electron chi connectivity index (χ0n) is 7.17. The molecular weight excluding hydrogens is 149 g/mol. The standard InChI is InChI=1S/C7H14FNO2/c1-9(2,3)6(4-5-8)7(10)11/h6H,4-5H2,1-3H3/p+1. The molecule has 0 saturated carbocycles. The maximum Gasteiger partial charge on any atom is 0.362 e. The third-order valence-electron chi connectivity index (χ3n) is 1.60. The molecule has 1 unspecified atom stereocenters. The molecule has 0 aliphatic heterocycles. The minimum absolute atomic E-state index is 0.0822. The third-order valence-corrected chi connectivity index (χ3v) is 1.60. The van der Waals surface area contributed by atoms with Crippen molar-refractivity contribution in [1.82, 2.24) is 0 Å². The van der Waals surface area contributed by atoms with Gasteiger partial charge in [-0.1, -0.05) is 0 Å². The Hall–Kier alpha value is -0.640. The van der Waals surface area contributed by atoms with Crippen LogP contribution in [0.5, 0.6) is 0 Å². The largest absolute Gasteiger partial charge is 0.477 e. The number of likely N-dealkylation sites (N-methyl/N-ethyl adjacent to an activating group) is 1. The Morgan fingerprint density at radius 1 is 1.55 bits per heavy atom. The van der Waals surface area contributed by atoms with Crippen LogP contribution in [0.2, 0.25) is 0 Å². The fourth-order valence-corrected chi connectivity index (χ4v) is 0.945. The molecule has 0 aromatic carbocycles. The molecule has 0 aromatic rings. The van der Waals surface area contributed by atoms with E-state index < -0.39 is 18.7 Å². The van der Waals surface area contributed by atoms with Gasteiger partial charge in [-0.2, -0.15) is 0 Å². The second-order valence-corrected chi connectivity index (χ2v) is 3.45. The Morgan fingerprint density at radius 2 is 2.00 bits per heavy atom. The Kier molecular flexibility index (Phi) is 3.45. The Morgan fingerprint density at radius 3 is 2.09 bits per heavy atom. The summed E-state index contributed by atoms with van der Waals surface area (Å²) < 4.78 is 12.1. The first kappa shape index (κ1) is 10.4. The van der Waals surface area contributed by atoms with Crippen LogP contribution in [0.3, 0.4) is 0 Å². The zero-order chi connectivity index (χ0) is 9.07. The molecule has 0 radical (unpaired) electrons. The summed E-state index contributed by atoms with van der Waals surface area (Å²) in [5.41, 5.74) is 0. The highest BCUT2D eigenvalue weighted by molar-refractivity contribution is 5.72. The van der Waals surface area contributed by atoms with Crippen LogP contribution in [-0.4, -0.2) is 49.4 Å². The first-order valence-corrected chi connectivity index (χ1v) is 3.49. The Bertz CT molecular complexity index is 142. The first-order valence-electron chi connectivity index (χ1n) is 3.49. The van der Waals surface area contributed by atoms with Crippen LogP contribution in [0.25, 0.3) is 0 Å². The van der Waals surface area contributed by atoms with Crippen molar-refractivity contribution in [3.8, 4) is 0 Å². The van der Waals surface area contributed by atoms with Gasteiger partial charge in [-0.05, 0) is 0 Å². The van der Waals surface area contributed by atoms with Crippen molar-refractivity contribution >= 4 is 5.97 Å². The van der Waals surface area contributed by atoms with E-state index in [1.54, 1.807) is 21.1 Å². The summed E-state index contributed by atoms with van der Waals surface area (Å²) in [6.45, 7) is -0.577. The number of hydrogen-bond donors (Lipinski definition) is 1. The van der Waals surface area contributed by atoms with Gasteiger partial charge in [0.05, 0.1) is 27.8 Å². The van der Waals surface area contributed by atoms with Crippen molar-refractivity contribution in [1.29, 1.82) is 0 Å². The number of nitrogens with zero attached hydrogens (tertiary/aromatic N) is 1. The van der Waals surface area contributed by atoms with Crippen molar-refractivity contribution in [2.24, 2.45) is 0 Å². The highest BCUT2D eigenvalue weighted by atomic mass is 19.1. The van der Waals surface area contributed by atoms with E-state index >= 15 is 0 Å². The van der Waals surface area contributed by atoms with Crippen LogP contribution in [0.4, 0.5) is 4.39 Å². The van der Waals surface area contributed by atoms with Crippen LogP contribution in [0.15, 0.2) is 0 Å². The summed E-state index contributed by atoms with van der Waals surface area (Å²) in [5.74, 6) is -0.935. The smallest absolute Gasteiger partial charge is 0.362 e. The van der Waals surface area contributed by atoms with Crippen molar-refractivity contribution in [3.05, 3.63) is 0 Å². The topological polar surface area (TPSA) is 37.3 Å². The van der Waals surface area contributed by atoms with Gasteiger partial charge in [-0.3, -0.25) is 4.39 Å². The average Bonchev–Trinajstić information content (AvgIpc) is 1.79. The summed E-state index contributed by atoms with van der Waals surface area (Å²) in [6, 6.07) is -0.639. The SMILES string of the molecule is C[N+](C)(C)C(CCF)C(=O)O. The van der Waals surface area contributed by atoms with Crippen molar-refractivity contribution in [2.75, 3.05) is 27.8 Å². The van der Waals surface area contributed by atoms with Gasteiger partial charge >= 0.3 is 5.97 Å². The summed E-state index contributed by atoms with van der Waals surface area (Å²) in [6.07, 6.45) is 0.0822. The lowest BCUT2D eigenvalue weighted by molar-refractivity contribution is -0.887. The second kappa shape index (κ2) is 3.67. The second-order valence-electron chi connectivity index (χ2n) is 3.45. The van der Waals surface area contributed by atoms with E-state index in [-0.39, 0.29) is 10.9 Å². The van der Waals surface area contributed by atoms with Crippen LogP contribution in [0, 0.1) is 0 Å². The highest BCUT2D eigenvalue weighted by Gasteiger charge is 2.30. The minimum Gasteiger partial charge on any atom is -0.477 e. The molecule has 0 saturated heterocycles. The third kappa shape index (κ3) is 3.32. The van der Waals surface area contributed by atoms with Gasteiger partial charge in [0.25, 0.3) is 0 Å². The number of halogens is 1. The van der Waals surface area contributed by atoms with E-state index in [0.717, 1.165) is 0 Å². The molecule has 0 aromatic heterocycles. The Balaban J connectivity index is 4.22. The lowest BCUT2D eigenvalue weighted by atomic mass is 10.2. The number of hydrogen-bond acceptors (Lipinski definition) is 1. The molecule has 1 atom stereocenters. The number of carbonyl (C=O) groups is 1. The molecule has 1 N–H and O–H groups in total. The number of carboxylic acid groups (broad SMARTS) is 1. The van der Waals surface area contributed by atoms with Gasteiger partial charge in [0.15, 0.2) is 6.04 Å². The lowest BCUT2D eigenvalue weighted by Crippen LogP contribution is -2.50. The average molecular weight is 164 g/mol. The van der Waals surface area contributed by atoms with Crippen LogP contribution in [-0.2, 0) is 4.79 Å². The predicted octanol–water partition coefficient (Wildman–Crippen LogP) is 0.505. The number of carboxylic acids is 1. The first-order chi connectivity index (χ1) is 4.89. The molecule has 4 heteroatoms. The van der Waals surface area contributed by atoms with E-state index in [1.807, 2.05) is 0 Å². The number of quaternary nitrogens is 1. The lowest BCUT2D eigenvalue weighted by Gasteiger charge is -2.30. The van der Waals surface area contributed by atoms with E-state index in [2.05, 4.69) is 0 Å². The molecule has 66 valence electrons. The van der Waals surface area contributed by atoms with Gasteiger partial charge in [0.1, 0.15) is 0 Å². The molecule has 0 fully saturated rings. The fraction of sp³-hybridized carbons (Fsp3) is 0.857. The Labute approximate surface area is 66.0 Å². The normalized spacial score (nSPS) is 14.5. The highest BCUT2D eigenvalue weighted by Crippen LogP contribution is 2.07. The maximum atomic E-state index is 11.9. The molecule has 0 aliphatic rings.